The lowest BCUT2D eigenvalue weighted by Gasteiger charge is -2.30. The van der Waals surface area contributed by atoms with Crippen LogP contribution in [0.5, 0.6) is 34.5 Å². The summed E-state index contributed by atoms with van der Waals surface area (Å²) in [6.07, 6.45) is 1.63. The topological polar surface area (TPSA) is 55.4 Å². The Labute approximate surface area is 353 Å². The first-order valence-corrected chi connectivity index (χ1v) is 22.4. The Hall–Kier alpha value is -6.58. The zero-order valence-corrected chi connectivity index (χ0v) is 34.6. The van der Waals surface area contributed by atoms with E-state index in [0.29, 0.717) is 47.7 Å². The molecule has 8 aromatic rings. The van der Waals surface area contributed by atoms with Crippen LogP contribution in [0.2, 0.25) is 0 Å². The van der Waals surface area contributed by atoms with Crippen molar-refractivity contribution in [3.05, 3.63) is 206 Å². The average Bonchev–Trinajstić information content (AvgIpc) is 3.31. The Kier molecular flexibility index (Phi) is 12.3. The van der Waals surface area contributed by atoms with Crippen molar-refractivity contribution in [1.29, 1.82) is 0 Å². The number of fused-ring (bicyclic) bond motifs is 3. The van der Waals surface area contributed by atoms with E-state index in [-0.39, 0.29) is 0 Å². The van der Waals surface area contributed by atoms with Crippen LogP contribution < -0.4 is 38.2 Å². The summed E-state index contributed by atoms with van der Waals surface area (Å²) >= 11 is 0. The van der Waals surface area contributed by atoms with Crippen LogP contribution in [0.15, 0.2) is 206 Å². The van der Waals surface area contributed by atoms with Crippen LogP contribution in [-0.4, -0.2) is 13.2 Å². The molecule has 0 amide bonds. The second-order valence-electron chi connectivity index (χ2n) is 13.9. The number of hydrogen-bond donors (Lipinski definition) is 0. The molecule has 0 radical (unpaired) electrons. The lowest BCUT2D eigenvalue weighted by Crippen LogP contribution is -2.24. The Balaban J connectivity index is 1.40. The molecule has 0 saturated carbocycles. The van der Waals surface area contributed by atoms with Gasteiger partial charge < -0.3 is 27.6 Å². The van der Waals surface area contributed by atoms with Gasteiger partial charge in [-0.3, -0.25) is 0 Å². The second kappa shape index (κ2) is 19.0. The summed E-state index contributed by atoms with van der Waals surface area (Å²) < 4.78 is 42.1. The van der Waals surface area contributed by atoms with Crippen molar-refractivity contribution in [1.82, 2.24) is 0 Å². The lowest BCUT2D eigenvalue weighted by molar-refractivity contribution is 0.264. The maximum atomic E-state index is 7.07. The Bertz CT molecular complexity index is 2330. The van der Waals surface area contributed by atoms with E-state index in [1.807, 2.05) is 133 Å². The summed E-state index contributed by atoms with van der Waals surface area (Å²) in [5.41, 5.74) is 5.46. The zero-order chi connectivity index (χ0) is 40.4. The minimum absolute atomic E-state index is 0.496. The third kappa shape index (κ3) is 9.01. The van der Waals surface area contributed by atoms with Crippen LogP contribution in [0.25, 0.3) is 33.4 Å². The van der Waals surface area contributed by atoms with E-state index in [0.717, 1.165) is 56.8 Å². The minimum atomic E-state index is -1.93. The van der Waals surface area contributed by atoms with Gasteiger partial charge in [-0.25, -0.2) is 0 Å². The van der Waals surface area contributed by atoms with Gasteiger partial charge in [0.05, 0.1) is 23.8 Å². The molecule has 0 spiro atoms. The maximum absolute atomic E-state index is 7.07. The Morgan fingerprint density at radius 1 is 0.317 bits per heavy atom. The van der Waals surface area contributed by atoms with Gasteiger partial charge in [0.2, 0.25) is 0 Å². The highest BCUT2D eigenvalue weighted by molar-refractivity contribution is 7.58. The molecule has 8 aromatic carbocycles. The van der Waals surface area contributed by atoms with Crippen molar-refractivity contribution < 1.29 is 27.6 Å². The molecular weight excluding hydrogens is 783 g/mol. The highest BCUT2D eigenvalue weighted by Gasteiger charge is 2.37. The first-order chi connectivity index (χ1) is 29.8. The summed E-state index contributed by atoms with van der Waals surface area (Å²) in [5.74, 6) is 4.06. The van der Waals surface area contributed by atoms with Crippen LogP contribution in [0.4, 0.5) is 0 Å². The summed E-state index contributed by atoms with van der Waals surface area (Å²) in [4.78, 5) is 0. The first kappa shape index (κ1) is 38.9. The van der Waals surface area contributed by atoms with Crippen LogP contribution in [0, 0.1) is 0 Å². The second-order valence-corrected chi connectivity index (χ2v) is 16.6. The molecule has 0 aromatic heterocycles. The molecule has 8 heteroatoms. The number of benzene rings is 8. The van der Waals surface area contributed by atoms with E-state index in [4.69, 9.17) is 27.6 Å². The van der Waals surface area contributed by atoms with Crippen molar-refractivity contribution in [2.24, 2.45) is 0 Å². The van der Waals surface area contributed by atoms with Crippen LogP contribution >= 0.6 is 16.8 Å². The van der Waals surface area contributed by atoms with Crippen molar-refractivity contribution in [3.63, 3.8) is 0 Å². The Morgan fingerprint density at radius 3 is 0.900 bits per heavy atom. The van der Waals surface area contributed by atoms with Gasteiger partial charge in [0, 0.05) is 11.1 Å². The molecule has 0 fully saturated rings. The number of rotatable bonds is 12. The standard InChI is InChI=1S/C52H42O6P2/c1-7-21-39(22-8-1)45-33-35-47-49(51(45)59(55-41-25-11-3-12-26-41)56-42-27-13-4-14-28-42)50-48(54-38-20-19-37-53-47)36-34-46(40-23-9-2-10-24-40)52(50)60(57-43-29-15-5-16-30-43)58-44-31-17-6-18-32-44/h1-18,21-36H,19-20,37-38H2. The SMILES string of the molecule is c1ccc(OP(Oc2ccccc2)c2c(-c3ccccc3)ccc3c2-c2c(ccc(-c4ccccc4)c2P(Oc2ccccc2)Oc2ccccc2)OCCCCO3)cc1. The van der Waals surface area contributed by atoms with Gasteiger partial charge in [-0.15, -0.1) is 0 Å². The number of para-hydroxylation sites is 4. The van der Waals surface area contributed by atoms with E-state index in [9.17, 15) is 0 Å². The molecule has 1 heterocycles. The van der Waals surface area contributed by atoms with Gasteiger partial charge in [0.25, 0.3) is 0 Å². The van der Waals surface area contributed by atoms with Gasteiger partial charge >= 0.3 is 16.8 Å². The quantitative estimate of drug-likeness (QED) is 0.114. The van der Waals surface area contributed by atoms with E-state index >= 15 is 0 Å². The van der Waals surface area contributed by atoms with Gasteiger partial charge in [-0.05, 0) is 108 Å². The molecule has 9 rings (SSSR count). The molecule has 0 N–H and O–H groups in total. The fourth-order valence-electron chi connectivity index (χ4n) is 7.05. The molecule has 0 bridgehead atoms. The molecule has 6 nitrogen and oxygen atoms in total. The van der Waals surface area contributed by atoms with Crippen LogP contribution in [0.1, 0.15) is 12.8 Å². The molecule has 0 atom stereocenters. The van der Waals surface area contributed by atoms with Crippen LogP contribution in [-0.2, 0) is 0 Å². The van der Waals surface area contributed by atoms with Gasteiger partial charge in [-0.1, -0.05) is 133 Å². The van der Waals surface area contributed by atoms with Gasteiger partial charge in [0.15, 0.2) is 0 Å². The molecule has 0 aliphatic carbocycles. The summed E-state index contributed by atoms with van der Waals surface area (Å²) in [6.45, 7) is 0.993. The number of hydrogen-bond acceptors (Lipinski definition) is 6. The largest absolute Gasteiger partial charge is 0.493 e. The predicted molar refractivity (Wildman–Crippen MR) is 244 cm³/mol. The van der Waals surface area contributed by atoms with Crippen molar-refractivity contribution in [2.45, 2.75) is 12.8 Å². The van der Waals surface area contributed by atoms with E-state index in [1.54, 1.807) is 0 Å². The smallest absolute Gasteiger partial charge is 0.327 e. The molecule has 1 aliphatic rings. The zero-order valence-electron chi connectivity index (χ0n) is 32.8. The van der Waals surface area contributed by atoms with Crippen molar-refractivity contribution in [2.75, 3.05) is 13.2 Å². The first-order valence-electron chi connectivity index (χ1n) is 20.0. The van der Waals surface area contributed by atoms with E-state index in [1.165, 1.54) is 0 Å². The molecule has 296 valence electrons. The third-order valence-electron chi connectivity index (χ3n) is 9.84. The predicted octanol–water partition coefficient (Wildman–Crippen LogP) is 13.4. The molecule has 60 heavy (non-hydrogen) atoms. The summed E-state index contributed by atoms with van der Waals surface area (Å²) in [5, 5.41) is 1.65. The summed E-state index contributed by atoms with van der Waals surface area (Å²) in [7, 11) is -3.86. The highest BCUT2D eigenvalue weighted by atomic mass is 31.2. The molecule has 0 unspecified atom stereocenters. The maximum Gasteiger partial charge on any atom is 0.327 e. The normalized spacial score (nSPS) is 12.3. The fourth-order valence-corrected chi connectivity index (χ4v) is 10.3. The fraction of sp³-hybridized carbons (Fsp3) is 0.0769. The highest BCUT2D eigenvalue weighted by Crippen LogP contribution is 2.53. The van der Waals surface area contributed by atoms with Crippen LogP contribution in [0.3, 0.4) is 0 Å². The molecule has 1 aliphatic heterocycles. The van der Waals surface area contributed by atoms with Crippen molar-refractivity contribution >= 4 is 27.4 Å². The summed E-state index contributed by atoms with van der Waals surface area (Å²) in [6, 6.07) is 68.5. The van der Waals surface area contributed by atoms with E-state index < -0.39 is 16.8 Å². The Morgan fingerprint density at radius 2 is 0.600 bits per heavy atom. The van der Waals surface area contributed by atoms with E-state index in [2.05, 4.69) is 72.8 Å². The number of ether oxygens (including phenoxy) is 2. The third-order valence-corrected chi connectivity index (χ3v) is 13.0. The van der Waals surface area contributed by atoms with Gasteiger partial charge in [-0.2, -0.15) is 0 Å². The lowest BCUT2D eigenvalue weighted by atomic mass is 9.94. The molecule has 0 saturated heterocycles. The monoisotopic (exact) mass is 824 g/mol. The van der Waals surface area contributed by atoms with Gasteiger partial charge in [0.1, 0.15) is 34.5 Å². The molecular formula is C52H42O6P2. The minimum Gasteiger partial charge on any atom is -0.493 e. The average molecular weight is 825 g/mol. The van der Waals surface area contributed by atoms with Crippen molar-refractivity contribution in [3.8, 4) is 67.9 Å².